The summed E-state index contributed by atoms with van der Waals surface area (Å²) in [6.07, 6.45) is 1.06. The Balaban J connectivity index is 1.94. The van der Waals surface area contributed by atoms with Gasteiger partial charge >= 0.3 is 0 Å². The van der Waals surface area contributed by atoms with Crippen molar-refractivity contribution in [2.24, 2.45) is 16.9 Å². The Morgan fingerprint density at radius 3 is 2.36 bits per heavy atom. The lowest BCUT2D eigenvalue weighted by atomic mass is 9.70. The lowest BCUT2D eigenvalue weighted by Gasteiger charge is -2.54. The van der Waals surface area contributed by atoms with Gasteiger partial charge in [0, 0.05) is 25.4 Å². The summed E-state index contributed by atoms with van der Waals surface area (Å²) in [4.78, 5) is 38.6. The minimum Gasteiger partial charge on any atom is -0.394 e. The van der Waals surface area contributed by atoms with Gasteiger partial charge in [0.1, 0.15) is 6.04 Å². The number of thiol groups is 1. The number of carbonyl (C=O) groups excluding carboxylic acids is 3. The Bertz CT molecular complexity index is 479. The third-order valence-electron chi connectivity index (χ3n) is 4.61. The number of aliphatic hydroxyl groups excluding tert-OH is 1. The van der Waals surface area contributed by atoms with Crippen LogP contribution in [0.4, 0.5) is 0 Å². The molecule has 9 heteroatoms. The summed E-state index contributed by atoms with van der Waals surface area (Å²) >= 11 is 4.02. The molecule has 22 heavy (non-hydrogen) atoms. The van der Waals surface area contributed by atoms with Crippen molar-refractivity contribution in [2.75, 3.05) is 32.0 Å². The van der Waals surface area contributed by atoms with E-state index in [-0.39, 0.29) is 17.6 Å². The van der Waals surface area contributed by atoms with Gasteiger partial charge in [-0.25, -0.2) is 0 Å². The van der Waals surface area contributed by atoms with Crippen LogP contribution < -0.4 is 11.5 Å². The standard InChI is InChI=1S/C13H22N4O4S/c14-8(6-22)11(20)16-3-1-13(2-4-16)7-17(12(13)21)9(5-18)10(15)19/h8-9,18,22H,1-7,14H2,(H2,15,19)/t8-,9-/m0/s1. The number of hydrogen-bond acceptors (Lipinski definition) is 6. The Labute approximate surface area is 134 Å². The highest BCUT2D eigenvalue weighted by molar-refractivity contribution is 7.80. The molecule has 3 amide bonds. The average Bonchev–Trinajstić information content (AvgIpc) is 2.53. The molecule has 1 spiro atoms. The maximum absolute atomic E-state index is 12.4. The van der Waals surface area contributed by atoms with Gasteiger partial charge in [-0.3, -0.25) is 14.4 Å². The van der Waals surface area contributed by atoms with Crippen molar-refractivity contribution in [3.8, 4) is 0 Å². The molecule has 0 aliphatic carbocycles. The van der Waals surface area contributed by atoms with Gasteiger partial charge in [0.05, 0.1) is 18.1 Å². The summed E-state index contributed by atoms with van der Waals surface area (Å²) in [5.74, 6) is -0.753. The molecular formula is C13H22N4O4S. The number of carbonyl (C=O) groups is 3. The number of piperidine rings is 1. The minimum atomic E-state index is -0.963. The van der Waals surface area contributed by atoms with Crippen LogP contribution in [0.25, 0.3) is 0 Å². The van der Waals surface area contributed by atoms with E-state index in [9.17, 15) is 19.5 Å². The van der Waals surface area contributed by atoms with E-state index in [1.165, 1.54) is 4.90 Å². The predicted octanol–water partition coefficient (Wildman–Crippen LogP) is -2.46. The van der Waals surface area contributed by atoms with Crippen LogP contribution in [0.2, 0.25) is 0 Å². The third-order valence-corrected chi connectivity index (χ3v) is 5.00. The zero-order valence-electron chi connectivity index (χ0n) is 12.3. The van der Waals surface area contributed by atoms with Crippen LogP contribution in [0.5, 0.6) is 0 Å². The quantitative estimate of drug-likeness (QED) is 0.328. The van der Waals surface area contributed by atoms with E-state index < -0.39 is 30.0 Å². The molecule has 2 saturated heterocycles. The normalized spacial score (nSPS) is 23.1. The summed E-state index contributed by atoms with van der Waals surface area (Å²) in [5.41, 5.74) is 10.3. The van der Waals surface area contributed by atoms with Crippen LogP contribution >= 0.6 is 12.6 Å². The lowest BCUT2D eigenvalue weighted by molar-refractivity contribution is -0.174. The molecule has 0 radical (unpaired) electrons. The third kappa shape index (κ3) is 2.80. The minimum absolute atomic E-state index is 0.154. The van der Waals surface area contributed by atoms with Gasteiger partial charge in [-0.05, 0) is 12.8 Å². The maximum Gasteiger partial charge on any atom is 0.242 e. The molecule has 0 bridgehead atoms. The molecule has 0 aromatic heterocycles. The molecule has 8 nitrogen and oxygen atoms in total. The van der Waals surface area contributed by atoms with Gasteiger partial charge < -0.3 is 26.4 Å². The van der Waals surface area contributed by atoms with Gasteiger partial charge in [-0.1, -0.05) is 0 Å². The molecule has 0 unspecified atom stereocenters. The van der Waals surface area contributed by atoms with Gasteiger partial charge in [0.2, 0.25) is 17.7 Å². The van der Waals surface area contributed by atoms with Crippen molar-refractivity contribution in [1.29, 1.82) is 0 Å². The zero-order chi connectivity index (χ0) is 16.5. The fourth-order valence-electron chi connectivity index (χ4n) is 3.11. The summed E-state index contributed by atoms with van der Waals surface area (Å²) in [7, 11) is 0. The van der Waals surface area contributed by atoms with Crippen molar-refractivity contribution in [3.63, 3.8) is 0 Å². The van der Waals surface area contributed by atoms with Crippen molar-refractivity contribution in [3.05, 3.63) is 0 Å². The SMILES string of the molecule is NC(=O)[C@H](CO)N1CC2(CCN(C(=O)[C@@H](N)CS)CC2)C1=O. The van der Waals surface area contributed by atoms with E-state index in [2.05, 4.69) is 12.6 Å². The van der Waals surface area contributed by atoms with Crippen LogP contribution in [0, 0.1) is 5.41 Å². The number of amides is 3. The monoisotopic (exact) mass is 330 g/mol. The number of aliphatic hydroxyl groups is 1. The van der Waals surface area contributed by atoms with Crippen molar-refractivity contribution >= 4 is 30.4 Å². The van der Waals surface area contributed by atoms with E-state index in [0.717, 1.165) is 0 Å². The fraction of sp³-hybridized carbons (Fsp3) is 0.769. The fourth-order valence-corrected chi connectivity index (χ4v) is 3.27. The molecule has 2 atom stereocenters. The van der Waals surface area contributed by atoms with Crippen LogP contribution in [0.3, 0.4) is 0 Å². The number of rotatable bonds is 5. The second kappa shape index (κ2) is 6.43. The molecule has 2 fully saturated rings. The first-order valence-corrected chi connectivity index (χ1v) is 7.86. The Morgan fingerprint density at radius 1 is 1.36 bits per heavy atom. The zero-order valence-corrected chi connectivity index (χ0v) is 13.2. The molecule has 2 aliphatic rings. The highest BCUT2D eigenvalue weighted by Gasteiger charge is 2.56. The topological polar surface area (TPSA) is 130 Å². The summed E-state index contributed by atoms with van der Waals surface area (Å²) in [5, 5.41) is 9.17. The number of hydrogen-bond donors (Lipinski definition) is 4. The second-order valence-electron chi connectivity index (χ2n) is 5.93. The van der Waals surface area contributed by atoms with Crippen molar-refractivity contribution < 1.29 is 19.5 Å². The first-order chi connectivity index (χ1) is 10.4. The molecule has 5 N–H and O–H groups in total. The molecule has 0 aromatic rings. The van der Waals surface area contributed by atoms with Crippen molar-refractivity contribution in [1.82, 2.24) is 9.80 Å². The summed E-state index contributed by atoms with van der Waals surface area (Å²) in [6, 6.07) is -1.59. The van der Waals surface area contributed by atoms with E-state index in [1.807, 2.05) is 0 Å². The van der Waals surface area contributed by atoms with Gasteiger partial charge in [-0.15, -0.1) is 0 Å². The Kier molecular flexibility index (Phi) is 4.98. The Hall–Kier alpha value is -1.32. The number of β-lactam (4-membered cyclic amide) rings is 1. The second-order valence-corrected chi connectivity index (χ2v) is 6.29. The van der Waals surface area contributed by atoms with E-state index in [0.29, 0.717) is 32.5 Å². The van der Waals surface area contributed by atoms with E-state index in [4.69, 9.17) is 11.5 Å². The molecule has 2 heterocycles. The largest absolute Gasteiger partial charge is 0.394 e. The Morgan fingerprint density at radius 2 is 1.95 bits per heavy atom. The smallest absolute Gasteiger partial charge is 0.242 e. The van der Waals surface area contributed by atoms with Crippen LogP contribution in [-0.2, 0) is 14.4 Å². The number of nitrogens with two attached hydrogens (primary N) is 2. The first kappa shape index (κ1) is 17.0. The van der Waals surface area contributed by atoms with E-state index in [1.54, 1.807) is 4.90 Å². The first-order valence-electron chi connectivity index (χ1n) is 7.23. The number of likely N-dealkylation sites (tertiary alicyclic amines) is 2. The molecular weight excluding hydrogens is 308 g/mol. The highest BCUT2D eigenvalue weighted by Crippen LogP contribution is 2.42. The molecule has 2 rings (SSSR count). The summed E-state index contributed by atoms with van der Waals surface area (Å²) < 4.78 is 0. The van der Waals surface area contributed by atoms with Crippen LogP contribution in [-0.4, -0.2) is 76.7 Å². The molecule has 2 aliphatic heterocycles. The number of primary amides is 1. The average molecular weight is 330 g/mol. The van der Waals surface area contributed by atoms with Gasteiger partial charge in [0.25, 0.3) is 0 Å². The van der Waals surface area contributed by atoms with Gasteiger partial charge in [-0.2, -0.15) is 12.6 Å². The maximum atomic E-state index is 12.4. The van der Waals surface area contributed by atoms with Crippen LogP contribution in [0.15, 0.2) is 0 Å². The van der Waals surface area contributed by atoms with Crippen molar-refractivity contribution in [2.45, 2.75) is 24.9 Å². The predicted molar refractivity (Wildman–Crippen MR) is 81.9 cm³/mol. The highest BCUT2D eigenvalue weighted by atomic mass is 32.1. The van der Waals surface area contributed by atoms with Crippen LogP contribution in [0.1, 0.15) is 12.8 Å². The lowest BCUT2D eigenvalue weighted by Crippen LogP contribution is -2.70. The molecule has 0 aromatic carbocycles. The molecule has 0 saturated carbocycles. The van der Waals surface area contributed by atoms with Gasteiger partial charge in [0.15, 0.2) is 0 Å². The molecule has 124 valence electrons. The number of nitrogens with zero attached hydrogens (tertiary/aromatic N) is 2. The van der Waals surface area contributed by atoms with E-state index >= 15 is 0 Å². The summed E-state index contributed by atoms with van der Waals surface area (Å²) in [6.45, 7) is 0.833.